The summed E-state index contributed by atoms with van der Waals surface area (Å²) in [6.45, 7) is 2.21. The van der Waals surface area contributed by atoms with Gasteiger partial charge in [-0.3, -0.25) is 14.7 Å². The van der Waals surface area contributed by atoms with Crippen LogP contribution in [0, 0.1) is 5.41 Å². The van der Waals surface area contributed by atoms with E-state index in [2.05, 4.69) is 9.88 Å². The topological polar surface area (TPSA) is 62.7 Å². The maximum atomic E-state index is 12.2. The van der Waals surface area contributed by atoms with Crippen LogP contribution in [0.5, 0.6) is 5.75 Å². The molecule has 0 spiro atoms. The number of hydrogen-bond donors (Lipinski definition) is 1. The lowest BCUT2D eigenvalue weighted by Crippen LogP contribution is -2.48. The van der Waals surface area contributed by atoms with Gasteiger partial charge in [-0.15, -0.1) is 0 Å². The number of ether oxygens (including phenoxy) is 1. The first-order valence-corrected chi connectivity index (χ1v) is 8.59. The standard InChI is InChI=1S/C20H24N2O3/c1-25-18-7-2-5-16(11-18)12-20(19(23)24)8-4-10-22(15-20)14-17-6-3-9-21-13-17/h2-3,5-7,9,11,13H,4,8,10,12,14-15H2,1H3,(H,23,24)/t20-/m0/s1. The molecular formula is C20H24N2O3. The van der Waals surface area contributed by atoms with Crippen LogP contribution >= 0.6 is 0 Å². The molecule has 25 heavy (non-hydrogen) atoms. The predicted octanol–water partition coefficient (Wildman–Crippen LogP) is 3.00. The second kappa shape index (κ2) is 7.66. The Hall–Kier alpha value is -2.40. The highest BCUT2D eigenvalue weighted by Crippen LogP contribution is 2.35. The summed E-state index contributed by atoms with van der Waals surface area (Å²) < 4.78 is 5.27. The normalized spacial score (nSPS) is 21.0. The Labute approximate surface area is 148 Å². The molecular weight excluding hydrogens is 316 g/mol. The molecule has 3 rings (SSSR count). The largest absolute Gasteiger partial charge is 0.497 e. The van der Waals surface area contributed by atoms with E-state index >= 15 is 0 Å². The number of carbonyl (C=O) groups is 1. The number of carboxylic acid groups (broad SMARTS) is 1. The molecule has 1 N–H and O–H groups in total. The Morgan fingerprint density at radius 2 is 2.16 bits per heavy atom. The molecule has 1 aliphatic heterocycles. The third-order valence-electron chi connectivity index (χ3n) is 4.92. The Balaban J connectivity index is 1.77. The monoisotopic (exact) mass is 340 g/mol. The number of carboxylic acids is 1. The van der Waals surface area contributed by atoms with Crippen LogP contribution < -0.4 is 4.74 Å². The molecule has 1 atom stereocenters. The second-order valence-corrected chi connectivity index (χ2v) is 6.79. The summed E-state index contributed by atoms with van der Waals surface area (Å²) >= 11 is 0. The fourth-order valence-electron chi connectivity index (χ4n) is 3.68. The van der Waals surface area contributed by atoms with Gasteiger partial charge in [0.1, 0.15) is 5.75 Å². The highest BCUT2D eigenvalue weighted by atomic mass is 16.5. The average Bonchev–Trinajstić information content (AvgIpc) is 2.63. The van der Waals surface area contributed by atoms with Gasteiger partial charge in [0.2, 0.25) is 0 Å². The number of hydrogen-bond acceptors (Lipinski definition) is 4. The number of benzene rings is 1. The molecule has 0 unspecified atom stereocenters. The summed E-state index contributed by atoms with van der Waals surface area (Å²) in [5.41, 5.74) is 1.36. The first-order valence-electron chi connectivity index (χ1n) is 8.59. The SMILES string of the molecule is COc1cccc(C[C@@]2(C(=O)O)CCCN(Cc3cccnc3)C2)c1. The van der Waals surface area contributed by atoms with Gasteiger partial charge in [0.15, 0.2) is 0 Å². The second-order valence-electron chi connectivity index (χ2n) is 6.79. The van der Waals surface area contributed by atoms with Crippen molar-refractivity contribution in [3.8, 4) is 5.75 Å². The van der Waals surface area contributed by atoms with E-state index < -0.39 is 11.4 Å². The fourth-order valence-corrected chi connectivity index (χ4v) is 3.68. The van der Waals surface area contributed by atoms with Crippen LogP contribution in [0.1, 0.15) is 24.0 Å². The van der Waals surface area contributed by atoms with Gasteiger partial charge >= 0.3 is 5.97 Å². The number of pyridine rings is 1. The summed E-state index contributed by atoms with van der Waals surface area (Å²) in [5, 5.41) is 9.99. The van der Waals surface area contributed by atoms with Crippen molar-refractivity contribution in [2.24, 2.45) is 5.41 Å². The number of rotatable bonds is 6. The van der Waals surface area contributed by atoms with Gasteiger partial charge in [0, 0.05) is 25.5 Å². The van der Waals surface area contributed by atoms with Gasteiger partial charge in [-0.25, -0.2) is 0 Å². The molecule has 0 saturated carbocycles. The van der Waals surface area contributed by atoms with E-state index in [1.54, 1.807) is 13.3 Å². The van der Waals surface area contributed by atoms with E-state index in [-0.39, 0.29) is 0 Å². The fraction of sp³-hybridized carbons (Fsp3) is 0.400. The summed E-state index contributed by atoms with van der Waals surface area (Å²) in [6, 6.07) is 11.7. The van der Waals surface area contributed by atoms with E-state index in [1.165, 1.54) is 0 Å². The molecule has 1 aromatic heterocycles. The molecule has 1 saturated heterocycles. The zero-order chi connectivity index (χ0) is 17.7. The Morgan fingerprint density at radius 3 is 2.88 bits per heavy atom. The highest BCUT2D eigenvalue weighted by Gasteiger charge is 2.42. The molecule has 132 valence electrons. The van der Waals surface area contributed by atoms with Crippen molar-refractivity contribution < 1.29 is 14.6 Å². The van der Waals surface area contributed by atoms with Crippen molar-refractivity contribution in [2.75, 3.05) is 20.2 Å². The quantitative estimate of drug-likeness (QED) is 0.876. The molecule has 1 aromatic carbocycles. The first kappa shape index (κ1) is 17.4. The lowest BCUT2D eigenvalue weighted by atomic mass is 9.75. The van der Waals surface area contributed by atoms with Crippen molar-refractivity contribution in [3.05, 3.63) is 59.9 Å². The smallest absolute Gasteiger partial charge is 0.311 e. The third-order valence-corrected chi connectivity index (χ3v) is 4.92. The number of piperidine rings is 1. The summed E-state index contributed by atoms with van der Waals surface area (Å²) in [5.74, 6) is 0.0484. The zero-order valence-electron chi connectivity index (χ0n) is 14.5. The molecule has 5 nitrogen and oxygen atoms in total. The van der Waals surface area contributed by atoms with Crippen LogP contribution in [0.2, 0.25) is 0 Å². The van der Waals surface area contributed by atoms with Crippen LogP contribution in [0.4, 0.5) is 0 Å². The highest BCUT2D eigenvalue weighted by molar-refractivity contribution is 5.75. The molecule has 2 heterocycles. The van der Waals surface area contributed by atoms with Crippen molar-refractivity contribution in [1.29, 1.82) is 0 Å². The maximum absolute atomic E-state index is 12.2. The van der Waals surface area contributed by atoms with Gasteiger partial charge in [-0.2, -0.15) is 0 Å². The minimum atomic E-state index is -0.757. The van der Waals surface area contributed by atoms with Crippen molar-refractivity contribution in [3.63, 3.8) is 0 Å². The van der Waals surface area contributed by atoms with E-state index in [9.17, 15) is 9.90 Å². The van der Waals surface area contributed by atoms with Crippen molar-refractivity contribution in [1.82, 2.24) is 9.88 Å². The van der Waals surface area contributed by atoms with Crippen LogP contribution in [0.3, 0.4) is 0 Å². The molecule has 0 amide bonds. The number of aromatic nitrogens is 1. The number of likely N-dealkylation sites (tertiary alicyclic amines) is 1. The number of methoxy groups -OCH3 is 1. The van der Waals surface area contributed by atoms with Gasteiger partial charge in [0.05, 0.1) is 12.5 Å². The van der Waals surface area contributed by atoms with Gasteiger partial charge < -0.3 is 9.84 Å². The van der Waals surface area contributed by atoms with Crippen LogP contribution in [0.25, 0.3) is 0 Å². The molecule has 0 radical (unpaired) electrons. The van der Waals surface area contributed by atoms with Crippen LogP contribution in [-0.2, 0) is 17.8 Å². The Bertz CT molecular complexity index is 720. The third kappa shape index (κ3) is 4.17. The Morgan fingerprint density at radius 1 is 1.32 bits per heavy atom. The van der Waals surface area contributed by atoms with Crippen molar-refractivity contribution in [2.45, 2.75) is 25.8 Å². The predicted molar refractivity (Wildman–Crippen MR) is 95.5 cm³/mol. The van der Waals surface area contributed by atoms with Crippen LogP contribution in [-0.4, -0.2) is 41.2 Å². The molecule has 1 fully saturated rings. The average molecular weight is 340 g/mol. The first-order chi connectivity index (χ1) is 12.1. The van der Waals surface area contributed by atoms with Gasteiger partial charge in [0.25, 0.3) is 0 Å². The molecule has 2 aromatic rings. The maximum Gasteiger partial charge on any atom is 0.311 e. The van der Waals surface area contributed by atoms with Crippen LogP contribution in [0.15, 0.2) is 48.8 Å². The van der Waals surface area contributed by atoms with E-state index in [0.717, 1.165) is 36.4 Å². The number of aliphatic carboxylic acids is 1. The molecule has 1 aliphatic rings. The molecule has 0 bridgehead atoms. The van der Waals surface area contributed by atoms with E-state index in [0.29, 0.717) is 19.4 Å². The molecule has 5 heteroatoms. The van der Waals surface area contributed by atoms with E-state index in [4.69, 9.17) is 4.74 Å². The minimum absolute atomic E-state index is 0.517. The van der Waals surface area contributed by atoms with Gasteiger partial charge in [-0.1, -0.05) is 18.2 Å². The lowest BCUT2D eigenvalue weighted by Gasteiger charge is -2.40. The summed E-state index contributed by atoms with van der Waals surface area (Å²) in [6.07, 6.45) is 5.70. The minimum Gasteiger partial charge on any atom is -0.497 e. The number of nitrogens with zero attached hydrogens (tertiary/aromatic N) is 2. The van der Waals surface area contributed by atoms with Crippen molar-refractivity contribution >= 4 is 5.97 Å². The van der Waals surface area contributed by atoms with Gasteiger partial charge in [-0.05, 0) is 55.1 Å². The van der Waals surface area contributed by atoms with E-state index in [1.807, 2.05) is 42.6 Å². The summed E-state index contributed by atoms with van der Waals surface area (Å²) in [4.78, 5) is 18.5. The Kier molecular flexibility index (Phi) is 5.34. The summed E-state index contributed by atoms with van der Waals surface area (Å²) in [7, 11) is 1.63. The lowest BCUT2D eigenvalue weighted by molar-refractivity contribution is -0.152. The zero-order valence-corrected chi connectivity index (χ0v) is 14.5. The molecule has 0 aliphatic carbocycles.